The number of hydrogen-bond acceptors (Lipinski definition) is 3. The Morgan fingerprint density at radius 2 is 1.76 bits per heavy atom. The van der Waals surface area contributed by atoms with Crippen molar-refractivity contribution >= 4 is 5.91 Å². The molecule has 0 saturated heterocycles. The van der Waals surface area contributed by atoms with Crippen molar-refractivity contribution in [2.24, 2.45) is 5.92 Å². The molecule has 25 heavy (non-hydrogen) atoms. The molecule has 0 bridgehead atoms. The summed E-state index contributed by atoms with van der Waals surface area (Å²) in [4.78, 5) is 12.4. The molecule has 2 aromatic carbocycles. The van der Waals surface area contributed by atoms with E-state index < -0.39 is 0 Å². The number of benzene rings is 2. The summed E-state index contributed by atoms with van der Waals surface area (Å²) in [6.45, 7) is 6.26. The molecule has 4 heteroatoms. The van der Waals surface area contributed by atoms with Crippen molar-refractivity contribution in [3.63, 3.8) is 0 Å². The SMILES string of the molecule is COc1ccc([C@H](CC(C)C)NC(=O)COc2ccccc2C)cc1. The van der Waals surface area contributed by atoms with Gasteiger partial charge in [0.15, 0.2) is 6.61 Å². The van der Waals surface area contributed by atoms with Crippen LogP contribution in [0, 0.1) is 12.8 Å². The molecule has 4 nitrogen and oxygen atoms in total. The van der Waals surface area contributed by atoms with Crippen LogP contribution in [0.5, 0.6) is 11.5 Å². The zero-order valence-electron chi connectivity index (χ0n) is 15.4. The van der Waals surface area contributed by atoms with E-state index in [4.69, 9.17) is 9.47 Å². The van der Waals surface area contributed by atoms with E-state index in [1.807, 2.05) is 55.5 Å². The molecular weight excluding hydrogens is 314 g/mol. The van der Waals surface area contributed by atoms with Crippen molar-refractivity contribution in [2.45, 2.75) is 33.2 Å². The highest BCUT2D eigenvalue weighted by Gasteiger charge is 2.17. The maximum absolute atomic E-state index is 12.4. The average Bonchev–Trinajstić information content (AvgIpc) is 2.60. The number of hydrogen-bond donors (Lipinski definition) is 1. The van der Waals surface area contributed by atoms with E-state index in [1.54, 1.807) is 7.11 Å². The minimum atomic E-state index is -0.121. The van der Waals surface area contributed by atoms with Gasteiger partial charge < -0.3 is 14.8 Å². The third-order valence-electron chi connectivity index (χ3n) is 4.01. The summed E-state index contributed by atoms with van der Waals surface area (Å²) in [5.41, 5.74) is 2.09. The van der Waals surface area contributed by atoms with Gasteiger partial charge in [-0.05, 0) is 48.6 Å². The second kappa shape index (κ2) is 9.11. The maximum atomic E-state index is 12.4. The molecule has 0 aromatic heterocycles. The number of ether oxygens (including phenoxy) is 2. The predicted molar refractivity (Wildman–Crippen MR) is 100 cm³/mol. The summed E-state index contributed by atoms with van der Waals surface area (Å²) < 4.78 is 10.8. The molecule has 0 aliphatic rings. The van der Waals surface area contributed by atoms with Gasteiger partial charge in [-0.2, -0.15) is 0 Å². The lowest BCUT2D eigenvalue weighted by Crippen LogP contribution is -2.33. The smallest absolute Gasteiger partial charge is 0.258 e. The molecule has 0 spiro atoms. The number of carbonyl (C=O) groups is 1. The highest BCUT2D eigenvalue weighted by atomic mass is 16.5. The highest BCUT2D eigenvalue weighted by molar-refractivity contribution is 5.78. The van der Waals surface area contributed by atoms with Crippen molar-refractivity contribution in [1.82, 2.24) is 5.32 Å². The molecule has 0 radical (unpaired) electrons. The fourth-order valence-electron chi connectivity index (χ4n) is 2.68. The van der Waals surface area contributed by atoms with Crippen LogP contribution < -0.4 is 14.8 Å². The van der Waals surface area contributed by atoms with Crippen LogP contribution in [-0.2, 0) is 4.79 Å². The molecule has 2 aromatic rings. The van der Waals surface area contributed by atoms with Gasteiger partial charge in [0.25, 0.3) is 5.91 Å². The van der Waals surface area contributed by atoms with E-state index in [-0.39, 0.29) is 18.6 Å². The number of carbonyl (C=O) groups excluding carboxylic acids is 1. The van der Waals surface area contributed by atoms with Crippen LogP contribution in [0.15, 0.2) is 48.5 Å². The molecule has 0 saturated carbocycles. The molecule has 0 fully saturated rings. The lowest BCUT2D eigenvalue weighted by Gasteiger charge is -2.21. The average molecular weight is 341 g/mol. The molecule has 1 amide bonds. The van der Waals surface area contributed by atoms with Gasteiger partial charge in [-0.1, -0.05) is 44.2 Å². The Labute approximate surface area is 150 Å². The molecule has 134 valence electrons. The maximum Gasteiger partial charge on any atom is 0.258 e. The minimum absolute atomic E-state index is 0.00953. The van der Waals surface area contributed by atoms with Crippen LogP contribution in [0.1, 0.15) is 37.4 Å². The fraction of sp³-hybridized carbons (Fsp3) is 0.381. The molecule has 1 N–H and O–H groups in total. The fourth-order valence-corrected chi connectivity index (χ4v) is 2.68. The van der Waals surface area contributed by atoms with Crippen LogP contribution in [0.25, 0.3) is 0 Å². The van der Waals surface area contributed by atoms with Gasteiger partial charge in [-0.3, -0.25) is 4.79 Å². The first-order valence-electron chi connectivity index (χ1n) is 8.61. The molecule has 0 unspecified atom stereocenters. The van der Waals surface area contributed by atoms with Crippen molar-refractivity contribution in [3.05, 3.63) is 59.7 Å². The largest absolute Gasteiger partial charge is 0.497 e. The van der Waals surface area contributed by atoms with Crippen molar-refractivity contribution in [1.29, 1.82) is 0 Å². The molecule has 0 aliphatic carbocycles. The van der Waals surface area contributed by atoms with Crippen molar-refractivity contribution in [3.8, 4) is 11.5 Å². The first-order valence-corrected chi connectivity index (χ1v) is 8.61. The van der Waals surface area contributed by atoms with Crippen molar-refractivity contribution in [2.75, 3.05) is 13.7 Å². The quantitative estimate of drug-likeness (QED) is 0.779. The Balaban J connectivity index is 2.00. The Morgan fingerprint density at radius 1 is 1.08 bits per heavy atom. The number of rotatable bonds is 8. The molecule has 2 rings (SSSR count). The van der Waals surface area contributed by atoms with Gasteiger partial charge in [0.1, 0.15) is 11.5 Å². The zero-order chi connectivity index (χ0) is 18.2. The number of methoxy groups -OCH3 is 1. The van der Waals surface area contributed by atoms with E-state index in [0.717, 1.165) is 29.0 Å². The molecule has 1 atom stereocenters. The van der Waals surface area contributed by atoms with Crippen LogP contribution in [-0.4, -0.2) is 19.6 Å². The van der Waals surface area contributed by atoms with Gasteiger partial charge in [-0.15, -0.1) is 0 Å². The Hall–Kier alpha value is -2.49. The summed E-state index contributed by atoms with van der Waals surface area (Å²) in [5, 5.41) is 3.09. The standard InChI is InChI=1S/C21H27NO3/c1-15(2)13-19(17-9-11-18(24-4)12-10-17)22-21(23)14-25-20-8-6-5-7-16(20)3/h5-12,15,19H,13-14H2,1-4H3,(H,22,23)/t19-/m0/s1. The third-order valence-corrected chi connectivity index (χ3v) is 4.01. The summed E-state index contributed by atoms with van der Waals surface area (Å²) in [5.74, 6) is 1.89. The van der Waals surface area contributed by atoms with Crippen LogP contribution in [0.2, 0.25) is 0 Å². The zero-order valence-corrected chi connectivity index (χ0v) is 15.4. The van der Waals surface area contributed by atoms with Gasteiger partial charge in [-0.25, -0.2) is 0 Å². The summed E-state index contributed by atoms with van der Waals surface area (Å²) >= 11 is 0. The topological polar surface area (TPSA) is 47.6 Å². The van der Waals surface area contributed by atoms with Crippen LogP contribution >= 0.6 is 0 Å². The van der Waals surface area contributed by atoms with Crippen LogP contribution in [0.3, 0.4) is 0 Å². The summed E-state index contributed by atoms with van der Waals surface area (Å²) in [7, 11) is 1.64. The molecular formula is C21H27NO3. The Morgan fingerprint density at radius 3 is 2.36 bits per heavy atom. The van der Waals surface area contributed by atoms with E-state index in [2.05, 4.69) is 19.2 Å². The summed E-state index contributed by atoms with van der Waals surface area (Å²) in [6, 6.07) is 15.5. The highest BCUT2D eigenvalue weighted by Crippen LogP contribution is 2.23. The number of amides is 1. The van der Waals surface area contributed by atoms with E-state index in [1.165, 1.54) is 0 Å². The Kier molecular flexibility index (Phi) is 6.87. The van der Waals surface area contributed by atoms with Gasteiger partial charge in [0.05, 0.1) is 13.2 Å². The minimum Gasteiger partial charge on any atom is -0.497 e. The van der Waals surface area contributed by atoms with E-state index in [9.17, 15) is 4.79 Å². The lowest BCUT2D eigenvalue weighted by molar-refractivity contribution is -0.124. The third kappa shape index (κ3) is 5.82. The molecule has 0 aliphatic heterocycles. The van der Waals surface area contributed by atoms with Gasteiger partial charge >= 0.3 is 0 Å². The van der Waals surface area contributed by atoms with Gasteiger partial charge in [0, 0.05) is 0 Å². The summed E-state index contributed by atoms with van der Waals surface area (Å²) in [6.07, 6.45) is 0.864. The second-order valence-corrected chi connectivity index (χ2v) is 6.58. The number of para-hydroxylation sites is 1. The number of aryl methyl sites for hydroxylation is 1. The normalized spacial score (nSPS) is 11.9. The molecule has 0 heterocycles. The monoisotopic (exact) mass is 341 g/mol. The Bertz CT molecular complexity index is 680. The van der Waals surface area contributed by atoms with E-state index >= 15 is 0 Å². The first kappa shape index (κ1) is 18.8. The second-order valence-electron chi connectivity index (χ2n) is 6.58. The number of nitrogens with one attached hydrogen (secondary N) is 1. The van der Waals surface area contributed by atoms with E-state index in [0.29, 0.717) is 5.92 Å². The lowest BCUT2D eigenvalue weighted by atomic mass is 9.97. The predicted octanol–water partition coefficient (Wildman–Crippen LogP) is 4.29. The van der Waals surface area contributed by atoms with Gasteiger partial charge in [0.2, 0.25) is 0 Å². The first-order chi connectivity index (χ1) is 12.0. The van der Waals surface area contributed by atoms with Crippen molar-refractivity contribution < 1.29 is 14.3 Å². The van der Waals surface area contributed by atoms with Crippen LogP contribution in [0.4, 0.5) is 0 Å².